The van der Waals surface area contributed by atoms with Crippen molar-refractivity contribution >= 4 is 17.5 Å². The molecule has 0 heterocycles. The quantitative estimate of drug-likeness (QED) is 0.211. The second kappa shape index (κ2) is 10.4. The predicted octanol–water partition coefficient (Wildman–Crippen LogP) is 6.61. The van der Waals surface area contributed by atoms with Crippen molar-refractivity contribution in [1.29, 1.82) is 0 Å². The molecule has 0 N–H and O–H groups in total. The normalized spacial score (nSPS) is 11.1. The highest BCUT2D eigenvalue weighted by molar-refractivity contribution is 8.01. The molecule has 0 aliphatic heterocycles. The van der Waals surface area contributed by atoms with Crippen LogP contribution in [0.5, 0.6) is 11.5 Å². The van der Waals surface area contributed by atoms with Gasteiger partial charge in [0.05, 0.1) is 30.3 Å². The third-order valence-electron chi connectivity index (χ3n) is 5.67. The summed E-state index contributed by atoms with van der Waals surface area (Å²) in [6.45, 7) is 0. The van der Waals surface area contributed by atoms with E-state index < -0.39 is 4.75 Å². The summed E-state index contributed by atoms with van der Waals surface area (Å²) in [6, 6.07) is 36.4. The van der Waals surface area contributed by atoms with Crippen LogP contribution in [-0.4, -0.2) is 25.8 Å². The maximum atomic E-state index is 13.4. The van der Waals surface area contributed by atoms with E-state index >= 15 is 0 Å². The second-order valence-electron chi connectivity index (χ2n) is 7.56. The Morgan fingerprint density at radius 2 is 1.18 bits per heavy atom. The summed E-state index contributed by atoms with van der Waals surface area (Å²) in [6.07, 6.45) is 0. The van der Waals surface area contributed by atoms with Crippen LogP contribution < -0.4 is 9.47 Å². The molecule has 0 fully saturated rings. The number of Topliss-reactive ketones (excluding diaryl/α,β-unsaturated/α-hetero) is 1. The van der Waals surface area contributed by atoms with Gasteiger partial charge >= 0.3 is 0 Å². The van der Waals surface area contributed by atoms with E-state index in [9.17, 15) is 4.79 Å². The smallest absolute Gasteiger partial charge is 0.176 e. The average molecular weight is 455 g/mol. The maximum Gasteiger partial charge on any atom is 0.176 e. The maximum absolute atomic E-state index is 13.4. The number of ether oxygens (including phenoxy) is 2. The van der Waals surface area contributed by atoms with Crippen LogP contribution in [0.2, 0.25) is 0 Å². The Morgan fingerprint density at radius 1 is 0.697 bits per heavy atom. The standard InChI is InChI=1S/C29H26O3S/c1-31-25-18-19-26(28(20-25)32-2)27(30)21-33-29(22-12-6-3-7-13-22,23-14-8-4-9-15-23)24-16-10-5-11-17-24/h3-20H,21H2,1-2H3. The van der Waals surface area contributed by atoms with Crippen LogP contribution in [-0.2, 0) is 4.75 Å². The second-order valence-corrected chi connectivity index (χ2v) is 8.75. The molecule has 0 spiro atoms. The van der Waals surface area contributed by atoms with Crippen molar-refractivity contribution in [2.24, 2.45) is 0 Å². The first kappa shape index (κ1) is 22.7. The summed E-state index contributed by atoms with van der Waals surface area (Å²) in [5, 5.41) is 0. The van der Waals surface area contributed by atoms with Gasteiger partial charge in [-0.2, -0.15) is 0 Å². The molecule has 0 radical (unpaired) electrons. The van der Waals surface area contributed by atoms with Gasteiger partial charge in [-0.3, -0.25) is 4.79 Å². The molecule has 0 atom stereocenters. The van der Waals surface area contributed by atoms with E-state index in [0.717, 1.165) is 16.7 Å². The van der Waals surface area contributed by atoms with Gasteiger partial charge in [-0.15, -0.1) is 11.8 Å². The van der Waals surface area contributed by atoms with Crippen molar-refractivity contribution < 1.29 is 14.3 Å². The Morgan fingerprint density at radius 3 is 1.61 bits per heavy atom. The lowest BCUT2D eigenvalue weighted by molar-refractivity contribution is 0.101. The molecule has 0 aromatic heterocycles. The highest BCUT2D eigenvalue weighted by atomic mass is 32.2. The van der Waals surface area contributed by atoms with Crippen LogP contribution in [0.25, 0.3) is 0 Å². The number of carbonyl (C=O) groups is 1. The monoisotopic (exact) mass is 454 g/mol. The van der Waals surface area contributed by atoms with Crippen molar-refractivity contribution in [2.45, 2.75) is 4.75 Å². The van der Waals surface area contributed by atoms with Gasteiger partial charge in [0, 0.05) is 6.07 Å². The van der Waals surface area contributed by atoms with Gasteiger partial charge in [0.25, 0.3) is 0 Å². The zero-order valence-corrected chi connectivity index (χ0v) is 19.5. The zero-order valence-electron chi connectivity index (χ0n) is 18.7. The van der Waals surface area contributed by atoms with Gasteiger partial charge in [-0.05, 0) is 28.8 Å². The minimum Gasteiger partial charge on any atom is -0.497 e. The molecule has 4 aromatic rings. The van der Waals surface area contributed by atoms with Crippen molar-refractivity contribution in [2.75, 3.05) is 20.0 Å². The first-order chi connectivity index (χ1) is 16.2. The third kappa shape index (κ3) is 4.67. The minimum absolute atomic E-state index is 0.00618. The molecule has 0 unspecified atom stereocenters. The fourth-order valence-corrected chi connectivity index (χ4v) is 5.46. The number of rotatable bonds is 9. The summed E-state index contributed by atoms with van der Waals surface area (Å²) in [7, 11) is 3.17. The summed E-state index contributed by atoms with van der Waals surface area (Å²) in [4.78, 5) is 13.4. The van der Waals surface area contributed by atoms with Crippen molar-refractivity contribution in [3.63, 3.8) is 0 Å². The highest BCUT2D eigenvalue weighted by Crippen LogP contribution is 2.48. The van der Waals surface area contributed by atoms with Gasteiger partial charge in [0.15, 0.2) is 5.78 Å². The largest absolute Gasteiger partial charge is 0.497 e. The molecule has 4 rings (SSSR count). The summed E-state index contributed by atoms with van der Waals surface area (Å²) < 4.78 is 10.2. The fourth-order valence-electron chi connectivity index (χ4n) is 4.05. The van der Waals surface area contributed by atoms with Gasteiger partial charge in [0.1, 0.15) is 11.5 Å². The fraction of sp³-hybridized carbons (Fsp3) is 0.138. The van der Waals surface area contributed by atoms with E-state index in [2.05, 4.69) is 36.4 Å². The molecule has 0 amide bonds. The topological polar surface area (TPSA) is 35.5 Å². The molecule has 0 aliphatic carbocycles. The lowest BCUT2D eigenvalue weighted by atomic mass is 9.84. The van der Waals surface area contributed by atoms with Crippen LogP contribution in [0.15, 0.2) is 109 Å². The molecular weight excluding hydrogens is 428 g/mol. The zero-order chi connectivity index (χ0) is 23.1. The molecule has 0 saturated heterocycles. The van der Waals surface area contributed by atoms with Crippen molar-refractivity contribution in [1.82, 2.24) is 0 Å². The number of benzene rings is 4. The molecule has 0 aliphatic rings. The number of methoxy groups -OCH3 is 2. The number of hydrogen-bond donors (Lipinski definition) is 0. The lowest BCUT2D eigenvalue weighted by Gasteiger charge is -2.35. The van der Waals surface area contributed by atoms with Gasteiger partial charge < -0.3 is 9.47 Å². The SMILES string of the molecule is COc1ccc(C(=O)CSC(c2ccccc2)(c2ccccc2)c2ccccc2)c(OC)c1. The van der Waals surface area contributed by atoms with Crippen molar-refractivity contribution in [3.8, 4) is 11.5 Å². The molecule has 4 aromatic carbocycles. The van der Waals surface area contributed by atoms with E-state index in [1.165, 1.54) is 0 Å². The Bertz CT molecular complexity index is 1090. The van der Waals surface area contributed by atoms with E-state index in [0.29, 0.717) is 17.1 Å². The van der Waals surface area contributed by atoms with Crippen LogP contribution in [0.3, 0.4) is 0 Å². The first-order valence-electron chi connectivity index (χ1n) is 10.7. The number of thioether (sulfide) groups is 1. The number of hydrogen-bond acceptors (Lipinski definition) is 4. The van der Waals surface area contributed by atoms with Crippen molar-refractivity contribution in [3.05, 3.63) is 131 Å². The molecule has 33 heavy (non-hydrogen) atoms. The average Bonchev–Trinajstić information content (AvgIpc) is 2.90. The first-order valence-corrected chi connectivity index (χ1v) is 11.7. The van der Waals surface area contributed by atoms with Gasteiger partial charge in [-0.25, -0.2) is 0 Å². The van der Waals surface area contributed by atoms with Crippen LogP contribution in [0.4, 0.5) is 0 Å². The van der Waals surface area contributed by atoms with Crippen LogP contribution in [0, 0.1) is 0 Å². The van der Waals surface area contributed by atoms with E-state index in [1.807, 2.05) is 54.6 Å². The Labute approximate surface area is 199 Å². The van der Waals surface area contributed by atoms with Gasteiger partial charge in [0.2, 0.25) is 0 Å². The predicted molar refractivity (Wildman–Crippen MR) is 136 cm³/mol. The molecule has 0 bridgehead atoms. The molecular formula is C29H26O3S. The number of ketones is 1. The highest BCUT2D eigenvalue weighted by Gasteiger charge is 2.37. The minimum atomic E-state index is -0.543. The molecule has 3 nitrogen and oxygen atoms in total. The number of carbonyl (C=O) groups excluding carboxylic acids is 1. The van der Waals surface area contributed by atoms with E-state index in [4.69, 9.17) is 9.47 Å². The molecule has 166 valence electrons. The Kier molecular flexibility index (Phi) is 7.16. The Hall–Kier alpha value is -3.50. The third-order valence-corrected chi connectivity index (χ3v) is 7.22. The summed E-state index contributed by atoms with van der Waals surface area (Å²) in [5.41, 5.74) is 3.93. The van der Waals surface area contributed by atoms with Crippen LogP contribution >= 0.6 is 11.8 Å². The molecule has 0 saturated carbocycles. The van der Waals surface area contributed by atoms with E-state index in [-0.39, 0.29) is 11.5 Å². The van der Waals surface area contributed by atoms with Crippen LogP contribution in [0.1, 0.15) is 27.0 Å². The van der Waals surface area contributed by atoms with Gasteiger partial charge in [-0.1, -0.05) is 91.0 Å². The van der Waals surface area contributed by atoms with E-state index in [1.54, 1.807) is 44.2 Å². The lowest BCUT2D eigenvalue weighted by Crippen LogP contribution is -2.27. The molecule has 4 heteroatoms. The summed E-state index contributed by atoms with van der Waals surface area (Å²) in [5.74, 6) is 1.46. The Balaban J connectivity index is 1.79. The summed E-state index contributed by atoms with van der Waals surface area (Å²) >= 11 is 1.62.